The van der Waals surface area contributed by atoms with Gasteiger partial charge in [-0.15, -0.1) is 15.3 Å². The van der Waals surface area contributed by atoms with Crippen LogP contribution in [0.5, 0.6) is 0 Å². The lowest BCUT2D eigenvalue weighted by molar-refractivity contribution is 0.197. The van der Waals surface area contributed by atoms with Gasteiger partial charge in [-0.2, -0.15) is 15.2 Å². The average molecular weight is 599 g/mol. The quantitative estimate of drug-likeness (QED) is 0.115. The molecule has 0 spiro atoms. The van der Waals surface area contributed by atoms with Gasteiger partial charge in [0.15, 0.2) is 17.3 Å². The lowest BCUT2D eigenvalue weighted by atomic mass is 10.1. The number of hydrogen-bond donors (Lipinski definition) is 3. The van der Waals surface area contributed by atoms with Crippen molar-refractivity contribution in [2.75, 3.05) is 56.5 Å². The molecule has 0 aliphatic heterocycles. The molecule has 230 valence electrons. The zero-order valence-corrected chi connectivity index (χ0v) is 26.0. The van der Waals surface area contributed by atoms with E-state index in [4.69, 9.17) is 19.4 Å². The van der Waals surface area contributed by atoms with Gasteiger partial charge in [-0.25, -0.2) is 14.6 Å². The van der Waals surface area contributed by atoms with Gasteiger partial charge in [0.2, 0.25) is 11.8 Å². The summed E-state index contributed by atoms with van der Waals surface area (Å²) in [5, 5.41) is 33.5. The molecule has 3 heterocycles. The van der Waals surface area contributed by atoms with Crippen LogP contribution in [0.3, 0.4) is 0 Å². The summed E-state index contributed by atoms with van der Waals surface area (Å²) in [7, 11) is 3.33. The first-order chi connectivity index (χ1) is 21.4. The molecule has 0 amide bonds. The first-order valence-electron chi connectivity index (χ1n) is 14.3. The third-order valence-electron chi connectivity index (χ3n) is 6.68. The van der Waals surface area contributed by atoms with Gasteiger partial charge in [-0.05, 0) is 51.7 Å². The van der Waals surface area contributed by atoms with E-state index in [0.29, 0.717) is 61.0 Å². The molecular formula is C30H38N12O2. The molecule has 0 aliphatic carbocycles. The largest absolute Gasteiger partial charge is 0.385 e. The minimum absolute atomic E-state index is 0.151. The van der Waals surface area contributed by atoms with Crippen molar-refractivity contribution in [2.24, 2.45) is 10.2 Å². The van der Waals surface area contributed by atoms with Crippen molar-refractivity contribution in [3.63, 3.8) is 0 Å². The van der Waals surface area contributed by atoms with Crippen LogP contribution in [0, 0.1) is 39.0 Å². The summed E-state index contributed by atoms with van der Waals surface area (Å²) in [6, 6.07) is 6.41. The highest BCUT2D eigenvalue weighted by Gasteiger charge is 2.19. The van der Waals surface area contributed by atoms with Crippen molar-refractivity contribution in [2.45, 2.75) is 40.5 Å². The monoisotopic (exact) mass is 598 g/mol. The van der Waals surface area contributed by atoms with Crippen molar-refractivity contribution in [3.05, 3.63) is 58.8 Å². The van der Waals surface area contributed by atoms with Gasteiger partial charge < -0.3 is 25.4 Å². The fourth-order valence-corrected chi connectivity index (χ4v) is 4.63. The van der Waals surface area contributed by atoms with E-state index in [1.165, 1.54) is 11.9 Å². The number of aryl methyl sites for hydroxylation is 3. The van der Waals surface area contributed by atoms with E-state index in [9.17, 15) is 5.26 Å². The van der Waals surface area contributed by atoms with Crippen LogP contribution in [0.15, 0.2) is 41.1 Å². The number of aromatic nitrogens is 6. The third kappa shape index (κ3) is 7.88. The molecule has 14 heteroatoms. The molecule has 3 N–H and O–H groups in total. The number of benzene rings is 1. The fourth-order valence-electron chi connectivity index (χ4n) is 4.63. The summed E-state index contributed by atoms with van der Waals surface area (Å²) in [6.45, 7) is 10.3. The van der Waals surface area contributed by atoms with E-state index in [0.717, 1.165) is 29.7 Å². The van der Waals surface area contributed by atoms with Crippen LogP contribution < -0.4 is 16.0 Å². The Morgan fingerprint density at radius 2 is 1.48 bits per heavy atom. The molecule has 0 fully saturated rings. The Balaban J connectivity index is 1.79. The smallest absolute Gasteiger partial charge is 0.231 e. The second kappa shape index (κ2) is 15.5. The van der Waals surface area contributed by atoms with Gasteiger partial charge in [-0.1, -0.05) is 17.7 Å². The summed E-state index contributed by atoms with van der Waals surface area (Å²) in [4.78, 5) is 17.7. The van der Waals surface area contributed by atoms with Gasteiger partial charge in [-0.3, -0.25) is 0 Å². The van der Waals surface area contributed by atoms with E-state index in [1.54, 1.807) is 38.2 Å². The Bertz CT molecular complexity index is 1570. The molecule has 14 nitrogen and oxygen atoms in total. The summed E-state index contributed by atoms with van der Waals surface area (Å²) < 4.78 is 12.0. The molecule has 4 rings (SSSR count). The molecule has 4 aromatic rings. The summed E-state index contributed by atoms with van der Waals surface area (Å²) in [5.74, 6) is 1.47. The van der Waals surface area contributed by atoms with Gasteiger partial charge in [0.1, 0.15) is 23.6 Å². The van der Waals surface area contributed by atoms with Crippen LogP contribution >= 0.6 is 0 Å². The number of nitrogens with one attached hydrogen (secondary N) is 3. The number of hydrogen-bond acceptors (Lipinski definition) is 13. The van der Waals surface area contributed by atoms with Crippen LogP contribution in [-0.4, -0.2) is 70.2 Å². The second-order valence-corrected chi connectivity index (χ2v) is 10.1. The minimum Gasteiger partial charge on any atom is -0.385 e. The van der Waals surface area contributed by atoms with Crippen molar-refractivity contribution in [3.8, 4) is 11.8 Å². The van der Waals surface area contributed by atoms with Crippen LogP contribution in [-0.2, 0) is 9.47 Å². The van der Waals surface area contributed by atoms with Gasteiger partial charge in [0, 0.05) is 46.2 Å². The average Bonchev–Trinajstić information content (AvgIpc) is 3.33. The molecule has 0 saturated carbocycles. The Kier molecular flexibility index (Phi) is 11.2. The van der Waals surface area contributed by atoms with E-state index in [2.05, 4.69) is 66.4 Å². The van der Waals surface area contributed by atoms with Crippen LogP contribution in [0.2, 0.25) is 0 Å². The third-order valence-corrected chi connectivity index (χ3v) is 6.68. The van der Waals surface area contributed by atoms with Crippen molar-refractivity contribution in [1.29, 1.82) is 5.26 Å². The minimum atomic E-state index is 0.151. The van der Waals surface area contributed by atoms with Crippen molar-refractivity contribution < 1.29 is 9.47 Å². The highest BCUT2D eigenvalue weighted by Crippen LogP contribution is 2.36. The van der Waals surface area contributed by atoms with Gasteiger partial charge in [0.25, 0.3) is 0 Å². The maximum atomic E-state index is 9.92. The molecule has 44 heavy (non-hydrogen) atoms. The zero-order valence-electron chi connectivity index (χ0n) is 26.0. The van der Waals surface area contributed by atoms with E-state index in [-0.39, 0.29) is 11.4 Å². The number of methoxy groups -OCH3 is 2. The maximum absolute atomic E-state index is 9.92. The molecular weight excluding hydrogens is 560 g/mol. The summed E-state index contributed by atoms with van der Waals surface area (Å²) in [5.41, 5.74) is 6.13. The number of anilines is 4. The molecule has 0 unspecified atom stereocenters. The van der Waals surface area contributed by atoms with Crippen molar-refractivity contribution in [1.82, 2.24) is 29.7 Å². The SMILES string of the molecule is COCCCNc1nc(Nc2c(C)cc(C)cc2C)nc(NCCCOC)c1N=Nc1nn(-c2cncnc2)c(C)c1C#N. The highest BCUT2D eigenvalue weighted by atomic mass is 16.5. The van der Waals surface area contributed by atoms with Crippen LogP contribution in [0.4, 0.5) is 34.8 Å². The molecule has 0 saturated heterocycles. The van der Waals surface area contributed by atoms with Crippen molar-refractivity contribution >= 4 is 34.8 Å². The van der Waals surface area contributed by atoms with E-state index in [1.807, 2.05) is 13.8 Å². The predicted molar refractivity (Wildman–Crippen MR) is 169 cm³/mol. The fraction of sp³-hybridized carbons (Fsp3) is 0.400. The normalized spacial score (nSPS) is 11.1. The topological polar surface area (TPSA) is 172 Å². The Morgan fingerprint density at radius 3 is 2.02 bits per heavy atom. The number of ether oxygens (including phenoxy) is 2. The number of rotatable bonds is 15. The van der Waals surface area contributed by atoms with Gasteiger partial charge >= 0.3 is 0 Å². The number of azo groups is 1. The molecule has 0 bridgehead atoms. The lowest BCUT2D eigenvalue weighted by Crippen LogP contribution is -2.12. The lowest BCUT2D eigenvalue weighted by Gasteiger charge is -2.17. The molecule has 1 aromatic carbocycles. The summed E-state index contributed by atoms with van der Waals surface area (Å²) in [6.07, 6.45) is 6.13. The van der Waals surface area contributed by atoms with Crippen LogP contribution in [0.25, 0.3) is 5.69 Å². The number of nitriles is 1. The van der Waals surface area contributed by atoms with Gasteiger partial charge in [0.05, 0.1) is 18.1 Å². The molecule has 0 radical (unpaired) electrons. The molecule has 3 aromatic heterocycles. The first-order valence-corrected chi connectivity index (χ1v) is 14.3. The Labute approximate surface area is 257 Å². The Hall–Kier alpha value is -5.00. The molecule has 0 aliphatic rings. The zero-order chi connectivity index (χ0) is 31.5. The molecule has 0 atom stereocenters. The predicted octanol–water partition coefficient (Wildman–Crippen LogP) is 5.61. The second-order valence-electron chi connectivity index (χ2n) is 10.1. The standard InChI is InChI=1S/C30H38N12O2/c1-19-13-20(2)25(21(3)14-19)36-30-37-28(34-9-7-11-43-5)26(29(38-30)35-10-8-12-44-6)39-40-27-24(15-31)22(4)42(41-27)23-16-32-18-33-17-23/h13-14,16-18H,7-12H2,1-6H3,(H3,34,35,36,37,38). The summed E-state index contributed by atoms with van der Waals surface area (Å²) >= 11 is 0. The van der Waals surface area contributed by atoms with E-state index < -0.39 is 0 Å². The van der Waals surface area contributed by atoms with Crippen LogP contribution in [0.1, 0.15) is 40.8 Å². The number of nitrogens with zero attached hydrogens (tertiary/aromatic N) is 9. The Morgan fingerprint density at radius 1 is 0.886 bits per heavy atom. The maximum Gasteiger partial charge on any atom is 0.231 e. The van der Waals surface area contributed by atoms with E-state index >= 15 is 0 Å². The highest BCUT2D eigenvalue weighted by molar-refractivity contribution is 5.77. The first kappa shape index (κ1) is 31.9.